The molecule has 17 heavy (non-hydrogen) atoms. The van der Waals surface area contributed by atoms with Crippen molar-refractivity contribution in [3.63, 3.8) is 0 Å². The Morgan fingerprint density at radius 2 is 1.71 bits per heavy atom. The van der Waals surface area contributed by atoms with Gasteiger partial charge in [0.15, 0.2) is 0 Å². The molecule has 0 radical (unpaired) electrons. The van der Waals surface area contributed by atoms with Crippen LogP contribution in [-0.2, 0) is 7.05 Å². The predicted octanol–water partition coefficient (Wildman–Crippen LogP) is 2.32. The lowest BCUT2D eigenvalue weighted by Gasteiger charge is -2.11. The summed E-state index contributed by atoms with van der Waals surface area (Å²) in [5, 5.41) is 0. The Bertz CT molecular complexity index is 550. The van der Waals surface area contributed by atoms with Gasteiger partial charge in [-0.1, -0.05) is 6.07 Å². The van der Waals surface area contributed by atoms with Crippen LogP contribution in [0.25, 0.3) is 0 Å². The van der Waals surface area contributed by atoms with Gasteiger partial charge >= 0.3 is 0 Å². The molecule has 0 unspecified atom stereocenters. The Morgan fingerprint density at radius 3 is 2.29 bits per heavy atom. The van der Waals surface area contributed by atoms with Crippen molar-refractivity contribution in [2.24, 2.45) is 12.0 Å². The molecule has 0 aliphatic rings. The molecule has 0 atom stereocenters. The minimum atomic E-state index is 0.949. The summed E-state index contributed by atoms with van der Waals surface area (Å²) >= 11 is 0. The molecular formula is C14H17N3. The standard InChI is InChI=1S/C14H17N3/c1-16(2)13-9-7-12(8-10-13)15-14-6-4-5-11-17(14)3/h4-11H,1-3H3. The first-order valence-corrected chi connectivity index (χ1v) is 5.60. The lowest BCUT2D eigenvalue weighted by Crippen LogP contribution is -2.15. The zero-order valence-electron chi connectivity index (χ0n) is 10.5. The SMILES string of the molecule is CN(C)c1ccc(N=c2ccccn2C)cc1. The fraction of sp³-hybridized carbons (Fsp3) is 0.214. The molecule has 0 N–H and O–H groups in total. The van der Waals surface area contributed by atoms with Gasteiger partial charge in [0.1, 0.15) is 5.49 Å². The van der Waals surface area contributed by atoms with E-state index in [1.54, 1.807) is 0 Å². The maximum Gasteiger partial charge on any atom is 0.132 e. The topological polar surface area (TPSA) is 20.5 Å². The van der Waals surface area contributed by atoms with Crippen LogP contribution in [0.3, 0.4) is 0 Å². The molecule has 88 valence electrons. The van der Waals surface area contributed by atoms with E-state index in [0.717, 1.165) is 11.2 Å². The number of aryl methyl sites for hydroxylation is 1. The van der Waals surface area contributed by atoms with Crippen LogP contribution in [0.4, 0.5) is 11.4 Å². The summed E-state index contributed by atoms with van der Waals surface area (Å²) in [4.78, 5) is 6.66. The molecule has 1 aromatic carbocycles. The lowest BCUT2D eigenvalue weighted by molar-refractivity contribution is 0.835. The molecule has 0 bridgehead atoms. The van der Waals surface area contributed by atoms with Gasteiger partial charge in [-0.15, -0.1) is 0 Å². The molecule has 0 fully saturated rings. The molecule has 2 aromatic rings. The highest BCUT2D eigenvalue weighted by Gasteiger charge is 1.94. The van der Waals surface area contributed by atoms with Crippen LogP contribution in [0.1, 0.15) is 0 Å². The second kappa shape index (κ2) is 4.87. The summed E-state index contributed by atoms with van der Waals surface area (Å²) < 4.78 is 2.00. The average molecular weight is 227 g/mol. The molecule has 1 heterocycles. The van der Waals surface area contributed by atoms with Crippen LogP contribution in [0.15, 0.2) is 53.7 Å². The largest absolute Gasteiger partial charge is 0.378 e. The highest BCUT2D eigenvalue weighted by molar-refractivity contribution is 5.51. The third-order valence-corrected chi connectivity index (χ3v) is 2.64. The minimum absolute atomic E-state index is 0.949. The third kappa shape index (κ3) is 2.75. The number of hydrogen-bond acceptors (Lipinski definition) is 2. The molecule has 3 heteroatoms. The second-order valence-corrected chi connectivity index (χ2v) is 4.19. The smallest absolute Gasteiger partial charge is 0.132 e. The number of hydrogen-bond donors (Lipinski definition) is 0. The average Bonchev–Trinajstić information content (AvgIpc) is 2.33. The zero-order chi connectivity index (χ0) is 12.3. The molecule has 0 amide bonds. The highest BCUT2D eigenvalue weighted by atomic mass is 15.1. The maximum absolute atomic E-state index is 4.59. The Balaban J connectivity index is 2.37. The summed E-state index contributed by atoms with van der Waals surface area (Å²) in [5.74, 6) is 0. The lowest BCUT2D eigenvalue weighted by atomic mass is 10.3. The van der Waals surface area contributed by atoms with E-state index < -0.39 is 0 Å². The second-order valence-electron chi connectivity index (χ2n) is 4.19. The van der Waals surface area contributed by atoms with E-state index in [4.69, 9.17) is 0 Å². The third-order valence-electron chi connectivity index (χ3n) is 2.64. The first-order chi connectivity index (χ1) is 8.16. The van der Waals surface area contributed by atoms with Crippen LogP contribution in [0, 0.1) is 0 Å². The molecular weight excluding hydrogens is 210 g/mol. The monoisotopic (exact) mass is 227 g/mol. The maximum atomic E-state index is 4.59. The van der Waals surface area contributed by atoms with Gasteiger partial charge in [-0.2, -0.15) is 0 Å². The number of aromatic nitrogens is 1. The van der Waals surface area contributed by atoms with Gasteiger partial charge in [-0.05, 0) is 36.4 Å². The van der Waals surface area contributed by atoms with E-state index in [9.17, 15) is 0 Å². The fourth-order valence-corrected chi connectivity index (χ4v) is 1.59. The van der Waals surface area contributed by atoms with Crippen molar-refractivity contribution in [2.75, 3.05) is 19.0 Å². The number of pyridine rings is 1. The van der Waals surface area contributed by atoms with Gasteiger partial charge in [-0.25, -0.2) is 4.99 Å². The number of anilines is 1. The van der Waals surface area contributed by atoms with Crippen LogP contribution >= 0.6 is 0 Å². The van der Waals surface area contributed by atoms with Crippen molar-refractivity contribution in [1.29, 1.82) is 0 Å². The number of nitrogens with zero attached hydrogens (tertiary/aromatic N) is 3. The van der Waals surface area contributed by atoms with E-state index in [-0.39, 0.29) is 0 Å². The zero-order valence-corrected chi connectivity index (χ0v) is 10.5. The summed E-state index contributed by atoms with van der Waals surface area (Å²) in [5.41, 5.74) is 3.10. The Kier molecular flexibility index (Phi) is 3.28. The van der Waals surface area contributed by atoms with E-state index in [0.29, 0.717) is 0 Å². The summed E-state index contributed by atoms with van der Waals surface area (Å²) in [6.07, 6.45) is 1.99. The molecule has 0 spiro atoms. The van der Waals surface area contributed by atoms with E-state index >= 15 is 0 Å². The Morgan fingerprint density at radius 1 is 1.00 bits per heavy atom. The molecule has 0 saturated heterocycles. The summed E-state index contributed by atoms with van der Waals surface area (Å²) in [6, 6.07) is 14.2. The summed E-state index contributed by atoms with van der Waals surface area (Å²) in [7, 11) is 6.06. The normalized spacial score (nSPS) is 11.6. The van der Waals surface area contributed by atoms with Crippen LogP contribution in [0.5, 0.6) is 0 Å². The predicted molar refractivity (Wildman–Crippen MR) is 71.4 cm³/mol. The molecule has 1 aromatic heterocycles. The first-order valence-electron chi connectivity index (χ1n) is 5.60. The minimum Gasteiger partial charge on any atom is -0.378 e. The van der Waals surface area contributed by atoms with Crippen molar-refractivity contribution in [3.05, 3.63) is 54.1 Å². The van der Waals surface area contributed by atoms with Crippen molar-refractivity contribution in [2.45, 2.75) is 0 Å². The van der Waals surface area contributed by atoms with Gasteiger partial charge < -0.3 is 9.47 Å². The molecule has 0 saturated carbocycles. The van der Waals surface area contributed by atoms with Crippen molar-refractivity contribution >= 4 is 11.4 Å². The van der Waals surface area contributed by atoms with Gasteiger partial charge in [0.2, 0.25) is 0 Å². The van der Waals surface area contributed by atoms with Crippen molar-refractivity contribution in [1.82, 2.24) is 4.57 Å². The molecule has 2 rings (SSSR count). The summed E-state index contributed by atoms with van der Waals surface area (Å²) in [6.45, 7) is 0. The van der Waals surface area contributed by atoms with Crippen LogP contribution < -0.4 is 10.4 Å². The van der Waals surface area contributed by atoms with E-state index in [1.165, 1.54) is 5.69 Å². The van der Waals surface area contributed by atoms with Gasteiger partial charge in [0.25, 0.3) is 0 Å². The van der Waals surface area contributed by atoms with Crippen molar-refractivity contribution in [3.8, 4) is 0 Å². The van der Waals surface area contributed by atoms with Crippen molar-refractivity contribution < 1.29 is 0 Å². The van der Waals surface area contributed by atoms with Gasteiger partial charge in [0.05, 0.1) is 5.69 Å². The Labute approximate surface area is 102 Å². The highest BCUT2D eigenvalue weighted by Crippen LogP contribution is 2.17. The van der Waals surface area contributed by atoms with E-state index in [2.05, 4.69) is 22.0 Å². The van der Waals surface area contributed by atoms with Crippen LogP contribution in [0.2, 0.25) is 0 Å². The first kappa shape index (κ1) is 11.5. The Hall–Kier alpha value is -2.03. The quantitative estimate of drug-likeness (QED) is 0.771. The fourth-order valence-electron chi connectivity index (χ4n) is 1.59. The van der Waals surface area contributed by atoms with E-state index in [1.807, 2.05) is 62.2 Å². The molecule has 3 nitrogen and oxygen atoms in total. The number of benzene rings is 1. The van der Waals surface area contributed by atoms with Gasteiger partial charge in [0, 0.05) is 33.0 Å². The van der Waals surface area contributed by atoms with Crippen LogP contribution in [-0.4, -0.2) is 18.7 Å². The molecule has 0 aliphatic heterocycles. The van der Waals surface area contributed by atoms with Gasteiger partial charge in [-0.3, -0.25) is 0 Å². The number of rotatable bonds is 2. The molecule has 0 aliphatic carbocycles.